The first-order valence-electron chi connectivity index (χ1n) is 14.9. The number of benzene rings is 2. The Balaban J connectivity index is 1.35. The van der Waals surface area contributed by atoms with Gasteiger partial charge in [0, 0.05) is 28.9 Å². The van der Waals surface area contributed by atoms with Crippen LogP contribution in [-0.4, -0.2) is 10.8 Å². The maximum absolute atomic E-state index is 13.4. The lowest BCUT2D eigenvalue weighted by Gasteiger charge is -2.25. The lowest BCUT2D eigenvalue weighted by molar-refractivity contribution is -0.116. The monoisotopic (exact) mass is 527 g/mol. The predicted octanol–water partition coefficient (Wildman–Crippen LogP) is 9.77. The van der Waals surface area contributed by atoms with Crippen molar-refractivity contribution in [3.63, 3.8) is 0 Å². The van der Waals surface area contributed by atoms with Gasteiger partial charge in [-0.15, -0.1) is 0 Å². The summed E-state index contributed by atoms with van der Waals surface area (Å²) in [5.41, 5.74) is 11.0. The van der Waals surface area contributed by atoms with Crippen LogP contribution in [0.5, 0.6) is 0 Å². The summed E-state index contributed by atoms with van der Waals surface area (Å²) in [5.74, 6) is 0.717. The standard InChI is InChI=1S/C38H41NO/c1-5-36-28(4)34(15-11-26(2)23-29-13-17-31(18-14-29)30-9-7-6-8-10-30)24-37(38(36)40)33-21-19-32(20-22-33)35-16-12-27(3)39-25-35/h11-22,24-25,30,36H,4-10,23H2,1-3H3/b26-11+,34-15-. The van der Waals surface area contributed by atoms with Crippen LogP contribution in [0.25, 0.3) is 16.7 Å². The van der Waals surface area contributed by atoms with Gasteiger partial charge in [0.1, 0.15) is 0 Å². The molecule has 40 heavy (non-hydrogen) atoms. The lowest BCUT2D eigenvalue weighted by Crippen LogP contribution is -2.22. The Labute approximate surface area is 240 Å². The summed E-state index contributed by atoms with van der Waals surface area (Å²) in [6.07, 6.45) is 16.7. The maximum Gasteiger partial charge on any atom is 0.170 e. The van der Waals surface area contributed by atoms with Crippen molar-refractivity contribution >= 4 is 11.4 Å². The number of pyridine rings is 1. The van der Waals surface area contributed by atoms with E-state index in [9.17, 15) is 4.79 Å². The van der Waals surface area contributed by atoms with Gasteiger partial charge in [-0.3, -0.25) is 9.78 Å². The molecular weight excluding hydrogens is 486 g/mol. The van der Waals surface area contributed by atoms with Gasteiger partial charge >= 0.3 is 0 Å². The second-order valence-electron chi connectivity index (χ2n) is 11.6. The van der Waals surface area contributed by atoms with Crippen molar-refractivity contribution < 1.29 is 4.79 Å². The third kappa shape index (κ3) is 6.33. The molecule has 3 aromatic rings. The molecule has 0 spiro atoms. The van der Waals surface area contributed by atoms with E-state index in [1.807, 2.05) is 25.3 Å². The van der Waals surface area contributed by atoms with E-state index in [1.165, 1.54) is 48.8 Å². The van der Waals surface area contributed by atoms with Crippen LogP contribution in [0, 0.1) is 12.8 Å². The number of carbonyl (C=O) groups excluding carboxylic acids is 1. The first kappa shape index (κ1) is 27.8. The number of hydrogen-bond acceptors (Lipinski definition) is 2. The highest BCUT2D eigenvalue weighted by Crippen LogP contribution is 2.37. The Hall–Kier alpha value is -3.78. The fourth-order valence-electron chi connectivity index (χ4n) is 6.12. The molecule has 1 fully saturated rings. The van der Waals surface area contributed by atoms with Crippen LogP contribution in [0.4, 0.5) is 0 Å². The van der Waals surface area contributed by atoms with Gasteiger partial charge in [-0.1, -0.05) is 105 Å². The number of allylic oxidation sites excluding steroid dienone is 7. The van der Waals surface area contributed by atoms with Crippen LogP contribution < -0.4 is 0 Å². The van der Waals surface area contributed by atoms with Gasteiger partial charge in [0.25, 0.3) is 0 Å². The minimum atomic E-state index is -0.187. The molecule has 1 saturated carbocycles. The second kappa shape index (κ2) is 12.6. The summed E-state index contributed by atoms with van der Waals surface area (Å²) >= 11 is 0. The summed E-state index contributed by atoms with van der Waals surface area (Å²) in [6.45, 7) is 10.6. The zero-order valence-corrected chi connectivity index (χ0v) is 24.2. The van der Waals surface area contributed by atoms with E-state index in [0.717, 1.165) is 57.9 Å². The van der Waals surface area contributed by atoms with E-state index in [2.05, 4.69) is 92.2 Å². The Kier molecular flexibility index (Phi) is 8.75. The van der Waals surface area contributed by atoms with Gasteiger partial charge in [0.2, 0.25) is 0 Å². The van der Waals surface area contributed by atoms with Gasteiger partial charge in [-0.25, -0.2) is 0 Å². The smallest absolute Gasteiger partial charge is 0.170 e. The van der Waals surface area contributed by atoms with E-state index in [-0.39, 0.29) is 11.7 Å². The molecule has 2 aliphatic rings. The van der Waals surface area contributed by atoms with Crippen LogP contribution in [0.2, 0.25) is 0 Å². The van der Waals surface area contributed by atoms with Crippen molar-refractivity contribution in [2.45, 2.75) is 71.6 Å². The minimum absolute atomic E-state index is 0.160. The van der Waals surface area contributed by atoms with Crippen molar-refractivity contribution in [3.8, 4) is 11.1 Å². The summed E-state index contributed by atoms with van der Waals surface area (Å²) in [6, 6.07) is 21.6. The number of nitrogens with zero attached hydrogens (tertiary/aromatic N) is 1. The Morgan fingerprint density at radius 3 is 2.25 bits per heavy atom. The fraction of sp³-hybridized carbons (Fsp3) is 0.316. The average molecular weight is 528 g/mol. The molecule has 1 atom stereocenters. The van der Waals surface area contributed by atoms with E-state index >= 15 is 0 Å². The first-order chi connectivity index (χ1) is 19.4. The zero-order chi connectivity index (χ0) is 28.1. The Morgan fingerprint density at radius 2 is 1.60 bits per heavy atom. The number of hydrogen-bond donors (Lipinski definition) is 0. The zero-order valence-electron chi connectivity index (χ0n) is 24.2. The minimum Gasteiger partial charge on any atom is -0.293 e. The normalized spacial score (nSPS) is 19.7. The highest BCUT2D eigenvalue weighted by Gasteiger charge is 2.30. The molecule has 0 bridgehead atoms. The van der Waals surface area contributed by atoms with Crippen LogP contribution >= 0.6 is 0 Å². The van der Waals surface area contributed by atoms with Gasteiger partial charge in [0.05, 0.1) is 0 Å². The first-order valence-corrected chi connectivity index (χ1v) is 14.9. The van der Waals surface area contributed by atoms with Crippen LogP contribution in [0.1, 0.15) is 80.7 Å². The topological polar surface area (TPSA) is 30.0 Å². The third-order valence-corrected chi connectivity index (χ3v) is 8.61. The maximum atomic E-state index is 13.4. The number of aryl methyl sites for hydroxylation is 1. The highest BCUT2D eigenvalue weighted by molar-refractivity contribution is 6.24. The predicted molar refractivity (Wildman–Crippen MR) is 168 cm³/mol. The van der Waals surface area contributed by atoms with E-state index in [0.29, 0.717) is 0 Å². The molecule has 2 aliphatic carbocycles. The van der Waals surface area contributed by atoms with Gasteiger partial charge in [-0.05, 0) is 91.0 Å². The molecule has 0 saturated heterocycles. The van der Waals surface area contributed by atoms with Crippen molar-refractivity contribution in [2.24, 2.45) is 5.92 Å². The number of carbonyl (C=O) groups is 1. The fourth-order valence-corrected chi connectivity index (χ4v) is 6.12. The molecule has 0 aliphatic heterocycles. The summed E-state index contributed by atoms with van der Waals surface area (Å²) in [7, 11) is 0. The summed E-state index contributed by atoms with van der Waals surface area (Å²) in [5, 5.41) is 0. The molecule has 2 nitrogen and oxygen atoms in total. The molecule has 0 amide bonds. The van der Waals surface area contributed by atoms with Crippen LogP contribution in [0.15, 0.2) is 108 Å². The molecule has 2 heteroatoms. The van der Waals surface area contributed by atoms with Crippen molar-refractivity contribution in [1.29, 1.82) is 0 Å². The van der Waals surface area contributed by atoms with Crippen molar-refractivity contribution in [3.05, 3.63) is 131 Å². The van der Waals surface area contributed by atoms with Gasteiger partial charge in [0.15, 0.2) is 5.78 Å². The lowest BCUT2D eigenvalue weighted by atomic mass is 9.77. The molecule has 2 aromatic carbocycles. The van der Waals surface area contributed by atoms with Crippen LogP contribution in [-0.2, 0) is 11.2 Å². The summed E-state index contributed by atoms with van der Waals surface area (Å²) in [4.78, 5) is 17.9. The molecule has 5 rings (SSSR count). The summed E-state index contributed by atoms with van der Waals surface area (Å²) < 4.78 is 0. The molecule has 0 radical (unpaired) electrons. The van der Waals surface area contributed by atoms with E-state index in [4.69, 9.17) is 0 Å². The number of aromatic nitrogens is 1. The van der Waals surface area contributed by atoms with Gasteiger partial charge in [-0.2, -0.15) is 0 Å². The number of ketones is 1. The molecular formula is C38H41NO. The molecule has 204 valence electrons. The van der Waals surface area contributed by atoms with E-state index < -0.39 is 0 Å². The van der Waals surface area contributed by atoms with Crippen molar-refractivity contribution in [2.75, 3.05) is 0 Å². The molecule has 1 aromatic heterocycles. The van der Waals surface area contributed by atoms with Gasteiger partial charge < -0.3 is 0 Å². The van der Waals surface area contributed by atoms with Crippen LogP contribution in [0.3, 0.4) is 0 Å². The Bertz CT molecular complexity index is 1440. The quantitative estimate of drug-likeness (QED) is 0.306. The van der Waals surface area contributed by atoms with E-state index in [1.54, 1.807) is 0 Å². The highest BCUT2D eigenvalue weighted by atomic mass is 16.1. The second-order valence-corrected chi connectivity index (χ2v) is 11.6. The molecule has 0 N–H and O–H groups in total. The molecule has 1 heterocycles. The number of Topliss-reactive ketones (excluding diaryl/α,β-unsaturated/α-hetero) is 1. The number of rotatable bonds is 7. The average Bonchev–Trinajstić information content (AvgIpc) is 2.98. The largest absolute Gasteiger partial charge is 0.293 e. The Morgan fingerprint density at radius 1 is 0.925 bits per heavy atom. The molecule has 1 unspecified atom stereocenters. The van der Waals surface area contributed by atoms with Crippen molar-refractivity contribution in [1.82, 2.24) is 4.98 Å². The SMILES string of the molecule is C=C1/C(=C\C=C(/C)Cc2ccc(C3CCCCC3)cc2)C=C(c2ccc(-c3ccc(C)nc3)cc2)C(=O)C1CC. The third-order valence-electron chi connectivity index (χ3n) is 8.61.